The molecule has 0 rings (SSSR count). The van der Waals surface area contributed by atoms with Gasteiger partial charge in [-0.05, 0) is 18.8 Å². The number of carbonyl (C=O) groups excluding carboxylic acids is 1. The Morgan fingerprint density at radius 3 is 1.95 bits per heavy atom. The van der Waals surface area contributed by atoms with E-state index in [0.717, 1.165) is 25.7 Å². The van der Waals surface area contributed by atoms with Gasteiger partial charge >= 0.3 is 5.97 Å². The fourth-order valence-electron chi connectivity index (χ4n) is 1.34. The van der Waals surface area contributed by atoms with Gasteiger partial charge in [-0.15, -0.1) is 0 Å². The van der Waals surface area contributed by atoms with Crippen molar-refractivity contribution >= 4 is 5.97 Å². The van der Waals surface area contributed by atoms with Crippen molar-refractivity contribution in [3.05, 3.63) is 0 Å². The van der Waals surface area contributed by atoms with E-state index in [-0.39, 0.29) is 12.4 Å². The van der Waals surface area contributed by atoms with E-state index in [1.165, 1.54) is 0 Å². The summed E-state index contributed by atoms with van der Waals surface area (Å²) in [5.74, 6) is 0.108. The van der Waals surface area contributed by atoms with E-state index in [1.54, 1.807) is 0 Å². The zero-order chi connectivity index (χ0) is 14.5. The molecule has 0 aromatic rings. The molecule has 0 saturated heterocycles. The summed E-state index contributed by atoms with van der Waals surface area (Å²) in [5, 5.41) is 0. The first-order valence-corrected chi connectivity index (χ1v) is 7.48. The molecule has 0 fully saturated rings. The van der Waals surface area contributed by atoms with Gasteiger partial charge in [-0.2, -0.15) is 0 Å². The Labute approximate surface area is 117 Å². The predicted octanol–water partition coefficient (Wildman–Crippen LogP) is 3.54. The van der Waals surface area contributed by atoms with Crippen LogP contribution >= 0.6 is 0 Å². The third-order valence-electron chi connectivity index (χ3n) is 2.51. The summed E-state index contributed by atoms with van der Waals surface area (Å²) >= 11 is 0. The Morgan fingerprint density at radius 2 is 1.53 bits per heavy atom. The highest BCUT2D eigenvalue weighted by Gasteiger charge is 2.16. The number of unbranched alkanes of at least 4 members (excludes halogenated alkanes) is 2. The van der Waals surface area contributed by atoms with Crippen LogP contribution in [0, 0.1) is 5.92 Å². The largest absolute Gasteiger partial charge is 0.465 e. The lowest BCUT2D eigenvalue weighted by Crippen LogP contribution is -2.24. The molecule has 0 heterocycles. The minimum Gasteiger partial charge on any atom is -0.465 e. The first-order chi connectivity index (χ1) is 9.10. The second-order valence-electron chi connectivity index (χ2n) is 5.16. The average Bonchev–Trinajstić information content (AvgIpc) is 2.36. The molecule has 0 spiro atoms. The Morgan fingerprint density at radius 1 is 1.00 bits per heavy atom. The molecule has 0 bridgehead atoms. The highest BCUT2D eigenvalue weighted by molar-refractivity contribution is 5.69. The summed E-state index contributed by atoms with van der Waals surface area (Å²) < 4.78 is 16.3. The fraction of sp³-hybridized carbons (Fsp3) is 0.933. The number of rotatable bonds is 12. The molecule has 0 saturated carbocycles. The molecule has 0 aliphatic carbocycles. The molecule has 0 atom stereocenters. The van der Waals surface area contributed by atoms with Gasteiger partial charge in [0.15, 0.2) is 6.29 Å². The molecule has 0 aromatic carbocycles. The van der Waals surface area contributed by atoms with E-state index >= 15 is 0 Å². The number of carbonyl (C=O) groups is 1. The Balaban J connectivity index is 3.96. The molecule has 0 aromatic heterocycles. The molecule has 0 N–H and O–H groups in total. The van der Waals surface area contributed by atoms with Gasteiger partial charge in [0.2, 0.25) is 0 Å². The van der Waals surface area contributed by atoms with Gasteiger partial charge in [0.1, 0.15) is 0 Å². The van der Waals surface area contributed by atoms with Crippen molar-refractivity contribution in [2.75, 3.05) is 19.8 Å². The van der Waals surface area contributed by atoms with Gasteiger partial charge < -0.3 is 14.2 Å². The molecule has 4 heteroatoms. The van der Waals surface area contributed by atoms with Crippen LogP contribution in [0.1, 0.15) is 59.8 Å². The van der Waals surface area contributed by atoms with Gasteiger partial charge in [0.05, 0.1) is 13.0 Å². The monoisotopic (exact) mass is 274 g/mol. The third-order valence-corrected chi connectivity index (χ3v) is 2.51. The van der Waals surface area contributed by atoms with Crippen molar-refractivity contribution in [3.8, 4) is 0 Å². The molecule has 4 nitrogen and oxygen atoms in total. The van der Waals surface area contributed by atoms with E-state index in [0.29, 0.717) is 25.7 Å². The standard InChI is InChI=1S/C15H30O4/c1-5-7-9-17-15(18-10-8-6-2)11-14(16)19-12-13(3)4/h13,15H,5-12H2,1-4H3. The van der Waals surface area contributed by atoms with Gasteiger partial charge in [-0.3, -0.25) is 4.79 Å². The maximum Gasteiger partial charge on any atom is 0.310 e. The van der Waals surface area contributed by atoms with Gasteiger partial charge in [-0.25, -0.2) is 0 Å². The van der Waals surface area contributed by atoms with Crippen LogP contribution in [0.25, 0.3) is 0 Å². The summed E-state index contributed by atoms with van der Waals surface area (Å²) in [5.41, 5.74) is 0. The van der Waals surface area contributed by atoms with Gasteiger partial charge in [-0.1, -0.05) is 40.5 Å². The number of hydrogen-bond acceptors (Lipinski definition) is 4. The minimum absolute atomic E-state index is 0.181. The molecular weight excluding hydrogens is 244 g/mol. The maximum absolute atomic E-state index is 11.6. The van der Waals surface area contributed by atoms with Crippen molar-refractivity contribution in [1.29, 1.82) is 0 Å². The van der Waals surface area contributed by atoms with Crippen LogP contribution in [-0.2, 0) is 19.0 Å². The first kappa shape index (κ1) is 18.4. The second kappa shape index (κ2) is 12.4. The smallest absolute Gasteiger partial charge is 0.310 e. The minimum atomic E-state index is -0.460. The van der Waals surface area contributed by atoms with Crippen LogP contribution in [-0.4, -0.2) is 32.1 Å². The molecule has 0 aliphatic heterocycles. The zero-order valence-corrected chi connectivity index (χ0v) is 12.9. The Hall–Kier alpha value is -0.610. The zero-order valence-electron chi connectivity index (χ0n) is 12.9. The lowest BCUT2D eigenvalue weighted by molar-refractivity contribution is -0.172. The average molecular weight is 274 g/mol. The summed E-state index contributed by atoms with van der Waals surface area (Å²) in [7, 11) is 0. The molecule has 0 unspecified atom stereocenters. The predicted molar refractivity (Wildman–Crippen MR) is 75.9 cm³/mol. The molecule has 19 heavy (non-hydrogen) atoms. The normalized spacial score (nSPS) is 11.3. The van der Waals surface area contributed by atoms with E-state index < -0.39 is 6.29 Å². The molecule has 0 amide bonds. The van der Waals surface area contributed by atoms with E-state index in [2.05, 4.69) is 13.8 Å². The fourth-order valence-corrected chi connectivity index (χ4v) is 1.34. The summed E-state index contributed by atoms with van der Waals surface area (Å²) in [4.78, 5) is 11.6. The van der Waals surface area contributed by atoms with Crippen molar-refractivity contribution in [2.45, 2.75) is 66.1 Å². The van der Waals surface area contributed by atoms with Crippen molar-refractivity contribution in [1.82, 2.24) is 0 Å². The van der Waals surface area contributed by atoms with E-state index in [4.69, 9.17) is 14.2 Å². The van der Waals surface area contributed by atoms with Crippen molar-refractivity contribution < 1.29 is 19.0 Å². The van der Waals surface area contributed by atoms with E-state index in [1.807, 2.05) is 13.8 Å². The van der Waals surface area contributed by atoms with Gasteiger partial charge in [0.25, 0.3) is 0 Å². The van der Waals surface area contributed by atoms with Crippen molar-refractivity contribution in [3.63, 3.8) is 0 Å². The molecule has 0 radical (unpaired) electrons. The Bertz CT molecular complexity index is 206. The third kappa shape index (κ3) is 12.2. The second-order valence-corrected chi connectivity index (χ2v) is 5.16. The number of esters is 1. The van der Waals surface area contributed by atoms with Gasteiger partial charge in [0, 0.05) is 13.2 Å². The highest BCUT2D eigenvalue weighted by atomic mass is 16.7. The number of hydrogen-bond donors (Lipinski definition) is 0. The van der Waals surface area contributed by atoms with Crippen LogP contribution in [0.15, 0.2) is 0 Å². The summed E-state index contributed by atoms with van der Waals surface area (Å²) in [6.45, 7) is 9.95. The topological polar surface area (TPSA) is 44.8 Å². The van der Waals surface area contributed by atoms with Crippen LogP contribution in [0.5, 0.6) is 0 Å². The molecule has 114 valence electrons. The lowest BCUT2D eigenvalue weighted by atomic mass is 10.2. The quantitative estimate of drug-likeness (QED) is 0.310. The highest BCUT2D eigenvalue weighted by Crippen LogP contribution is 2.07. The van der Waals surface area contributed by atoms with Crippen LogP contribution in [0.3, 0.4) is 0 Å². The Kier molecular flexibility index (Phi) is 12.0. The van der Waals surface area contributed by atoms with Crippen molar-refractivity contribution in [2.24, 2.45) is 5.92 Å². The van der Waals surface area contributed by atoms with Crippen LogP contribution in [0.4, 0.5) is 0 Å². The molecular formula is C15H30O4. The van der Waals surface area contributed by atoms with E-state index in [9.17, 15) is 4.79 Å². The maximum atomic E-state index is 11.6. The number of ether oxygens (including phenoxy) is 3. The van der Waals surface area contributed by atoms with Crippen LogP contribution < -0.4 is 0 Å². The SMILES string of the molecule is CCCCOC(CC(=O)OCC(C)C)OCCCC. The van der Waals surface area contributed by atoms with Crippen LogP contribution in [0.2, 0.25) is 0 Å². The summed E-state index contributed by atoms with van der Waals surface area (Å²) in [6, 6.07) is 0. The first-order valence-electron chi connectivity index (χ1n) is 7.48. The summed E-state index contributed by atoms with van der Waals surface area (Å²) in [6.07, 6.45) is 3.82. The lowest BCUT2D eigenvalue weighted by Gasteiger charge is -2.18. The molecule has 0 aliphatic rings.